The summed E-state index contributed by atoms with van der Waals surface area (Å²) in [5, 5.41) is 5.74. The molecule has 0 atom stereocenters. The zero-order chi connectivity index (χ0) is 16.8. The van der Waals surface area contributed by atoms with Gasteiger partial charge in [0, 0.05) is 19.5 Å². The predicted octanol–water partition coefficient (Wildman–Crippen LogP) is 1.46. The second-order valence-corrected chi connectivity index (χ2v) is 5.62. The zero-order valence-electron chi connectivity index (χ0n) is 12.9. The van der Waals surface area contributed by atoms with Crippen molar-refractivity contribution in [3.63, 3.8) is 0 Å². The smallest absolute Gasteiger partial charge is 0.261 e. The minimum atomic E-state index is -0.359. The fourth-order valence-corrected chi connectivity index (χ4v) is 2.48. The van der Waals surface area contributed by atoms with Gasteiger partial charge in [0.25, 0.3) is 11.8 Å². The molecule has 1 aromatic rings. The highest BCUT2D eigenvalue weighted by atomic mass is 32.1. The van der Waals surface area contributed by atoms with Crippen LogP contribution in [0.4, 0.5) is 0 Å². The number of fused-ring (bicyclic) bond motifs is 1. The summed E-state index contributed by atoms with van der Waals surface area (Å²) >= 11 is 5.01. The third kappa shape index (κ3) is 4.13. The van der Waals surface area contributed by atoms with E-state index in [0.29, 0.717) is 17.7 Å². The number of carbonyl (C=O) groups excluding carboxylic acids is 3. The topological polar surface area (TPSA) is 78.5 Å². The highest BCUT2D eigenvalue weighted by Crippen LogP contribution is 2.22. The van der Waals surface area contributed by atoms with E-state index in [1.165, 1.54) is 0 Å². The summed E-state index contributed by atoms with van der Waals surface area (Å²) in [6.07, 6.45) is 2.01. The molecule has 0 saturated heterocycles. The molecule has 1 aliphatic rings. The van der Waals surface area contributed by atoms with Gasteiger partial charge in [0.05, 0.1) is 11.1 Å². The Labute approximate surface area is 140 Å². The molecule has 0 aromatic heterocycles. The van der Waals surface area contributed by atoms with Crippen LogP contribution in [0, 0.1) is 0 Å². The molecule has 2 N–H and O–H groups in total. The lowest BCUT2D eigenvalue weighted by Crippen LogP contribution is -2.41. The number of unbranched alkanes of at least 4 members (excludes halogenated alkanes) is 1. The predicted molar refractivity (Wildman–Crippen MR) is 90.1 cm³/mol. The Kier molecular flexibility index (Phi) is 5.81. The molecule has 0 fully saturated rings. The molecule has 1 heterocycles. The second kappa shape index (κ2) is 7.82. The molecular formula is C16H19N3O3S. The third-order valence-corrected chi connectivity index (χ3v) is 3.76. The van der Waals surface area contributed by atoms with Crippen molar-refractivity contribution in [2.75, 3.05) is 13.1 Å². The van der Waals surface area contributed by atoms with Gasteiger partial charge < -0.3 is 10.6 Å². The van der Waals surface area contributed by atoms with Gasteiger partial charge in [-0.15, -0.1) is 0 Å². The maximum absolute atomic E-state index is 12.2. The molecule has 23 heavy (non-hydrogen) atoms. The summed E-state index contributed by atoms with van der Waals surface area (Å²) in [6, 6.07) is 6.64. The molecule has 1 aromatic carbocycles. The van der Waals surface area contributed by atoms with Crippen LogP contribution in [0.1, 0.15) is 46.9 Å². The summed E-state index contributed by atoms with van der Waals surface area (Å²) < 4.78 is 0. The van der Waals surface area contributed by atoms with Crippen molar-refractivity contribution in [3.8, 4) is 0 Å². The van der Waals surface area contributed by atoms with Gasteiger partial charge >= 0.3 is 0 Å². The molecule has 1 aliphatic heterocycles. The number of amides is 3. The van der Waals surface area contributed by atoms with E-state index in [4.69, 9.17) is 12.2 Å². The third-order valence-electron chi connectivity index (χ3n) is 3.51. The number of nitrogens with zero attached hydrogens (tertiary/aromatic N) is 1. The maximum Gasteiger partial charge on any atom is 0.261 e. The van der Waals surface area contributed by atoms with Crippen molar-refractivity contribution in [1.82, 2.24) is 15.5 Å². The van der Waals surface area contributed by atoms with Crippen LogP contribution in [0.3, 0.4) is 0 Å². The Bertz CT molecular complexity index is 610. The first-order valence-electron chi connectivity index (χ1n) is 7.57. The van der Waals surface area contributed by atoms with E-state index in [0.717, 1.165) is 17.7 Å². The first kappa shape index (κ1) is 17.1. The summed E-state index contributed by atoms with van der Waals surface area (Å²) in [5.74, 6) is -1.04. The standard InChI is InChI=1S/C16H19N3O3S/c1-2-3-9-17-16(23)18-13(20)8-10-19-14(21)11-6-4-5-7-12(11)15(19)22/h4-7H,2-3,8-10H2,1H3,(H2,17,18,20,23). The van der Waals surface area contributed by atoms with Crippen molar-refractivity contribution >= 4 is 35.1 Å². The number of benzene rings is 1. The van der Waals surface area contributed by atoms with Crippen LogP contribution in [-0.4, -0.2) is 40.8 Å². The van der Waals surface area contributed by atoms with Gasteiger partial charge in [-0.2, -0.15) is 0 Å². The molecule has 3 amide bonds. The van der Waals surface area contributed by atoms with Gasteiger partial charge in [-0.05, 0) is 30.8 Å². The number of carbonyl (C=O) groups is 3. The first-order valence-corrected chi connectivity index (χ1v) is 7.98. The number of hydrogen-bond acceptors (Lipinski definition) is 4. The minimum absolute atomic E-state index is 0.0149. The van der Waals surface area contributed by atoms with Crippen molar-refractivity contribution in [1.29, 1.82) is 0 Å². The summed E-state index contributed by atoms with van der Waals surface area (Å²) in [5.41, 5.74) is 0.768. The van der Waals surface area contributed by atoms with Crippen LogP contribution in [0.25, 0.3) is 0 Å². The molecule has 2 rings (SSSR count). The normalized spacial score (nSPS) is 13.0. The number of imide groups is 1. The van der Waals surface area contributed by atoms with Gasteiger partial charge in [-0.1, -0.05) is 25.5 Å². The summed E-state index contributed by atoms with van der Waals surface area (Å²) in [7, 11) is 0. The number of nitrogens with one attached hydrogen (secondary N) is 2. The number of rotatable bonds is 6. The van der Waals surface area contributed by atoms with Gasteiger partial charge in [-0.25, -0.2) is 0 Å². The van der Waals surface area contributed by atoms with Crippen LogP contribution >= 0.6 is 12.2 Å². The zero-order valence-corrected chi connectivity index (χ0v) is 13.7. The van der Waals surface area contributed by atoms with E-state index >= 15 is 0 Å². The molecule has 0 radical (unpaired) electrons. The van der Waals surface area contributed by atoms with Gasteiger partial charge in [0.15, 0.2) is 5.11 Å². The first-order chi connectivity index (χ1) is 11.0. The van der Waals surface area contributed by atoms with Crippen LogP contribution in [0.15, 0.2) is 24.3 Å². The lowest BCUT2D eigenvalue weighted by molar-refractivity contribution is -0.119. The lowest BCUT2D eigenvalue weighted by Gasteiger charge is -2.14. The van der Waals surface area contributed by atoms with Gasteiger partial charge in [-0.3, -0.25) is 19.3 Å². The Morgan fingerprint density at radius 1 is 1.17 bits per heavy atom. The van der Waals surface area contributed by atoms with E-state index in [2.05, 4.69) is 17.6 Å². The molecular weight excluding hydrogens is 314 g/mol. The van der Waals surface area contributed by atoms with Crippen LogP contribution in [0.2, 0.25) is 0 Å². The van der Waals surface area contributed by atoms with Crippen molar-refractivity contribution in [2.24, 2.45) is 0 Å². The maximum atomic E-state index is 12.2. The van der Waals surface area contributed by atoms with Crippen LogP contribution in [0.5, 0.6) is 0 Å². The van der Waals surface area contributed by atoms with Gasteiger partial charge in [0.1, 0.15) is 0 Å². The number of hydrogen-bond donors (Lipinski definition) is 2. The Morgan fingerprint density at radius 2 is 1.78 bits per heavy atom. The van der Waals surface area contributed by atoms with Crippen molar-refractivity contribution < 1.29 is 14.4 Å². The second-order valence-electron chi connectivity index (χ2n) is 5.22. The molecule has 0 saturated carbocycles. The fourth-order valence-electron chi connectivity index (χ4n) is 2.27. The average molecular weight is 333 g/mol. The van der Waals surface area contributed by atoms with E-state index in [1.54, 1.807) is 24.3 Å². The molecule has 6 nitrogen and oxygen atoms in total. The molecule has 0 aliphatic carbocycles. The monoisotopic (exact) mass is 333 g/mol. The average Bonchev–Trinajstić information content (AvgIpc) is 2.77. The van der Waals surface area contributed by atoms with E-state index < -0.39 is 0 Å². The Morgan fingerprint density at radius 3 is 2.35 bits per heavy atom. The molecule has 0 bridgehead atoms. The Hall–Kier alpha value is -2.28. The van der Waals surface area contributed by atoms with Crippen LogP contribution in [-0.2, 0) is 4.79 Å². The molecule has 7 heteroatoms. The molecule has 0 spiro atoms. The van der Waals surface area contributed by atoms with E-state index in [-0.39, 0.29) is 35.8 Å². The van der Waals surface area contributed by atoms with E-state index in [1.807, 2.05) is 0 Å². The minimum Gasteiger partial charge on any atom is -0.362 e. The summed E-state index contributed by atoms with van der Waals surface area (Å²) in [4.78, 5) is 37.2. The fraction of sp³-hybridized carbons (Fsp3) is 0.375. The van der Waals surface area contributed by atoms with E-state index in [9.17, 15) is 14.4 Å². The molecule has 0 unspecified atom stereocenters. The van der Waals surface area contributed by atoms with Gasteiger partial charge in [0.2, 0.25) is 5.91 Å². The quantitative estimate of drug-likeness (QED) is 0.468. The van der Waals surface area contributed by atoms with Crippen LogP contribution < -0.4 is 10.6 Å². The van der Waals surface area contributed by atoms with Crippen molar-refractivity contribution in [3.05, 3.63) is 35.4 Å². The largest absolute Gasteiger partial charge is 0.362 e. The Balaban J connectivity index is 1.83. The highest BCUT2D eigenvalue weighted by Gasteiger charge is 2.34. The molecule has 122 valence electrons. The SMILES string of the molecule is CCCCNC(=S)NC(=O)CCN1C(=O)c2ccccc2C1=O. The summed E-state index contributed by atoms with van der Waals surface area (Å²) in [6.45, 7) is 2.80. The highest BCUT2D eigenvalue weighted by molar-refractivity contribution is 7.80. The number of thiocarbonyl (C=S) groups is 1. The lowest BCUT2D eigenvalue weighted by atomic mass is 10.1. The van der Waals surface area contributed by atoms with Crippen molar-refractivity contribution in [2.45, 2.75) is 26.2 Å².